The average molecular weight is 382 g/mol. The van der Waals surface area contributed by atoms with Gasteiger partial charge in [-0.3, -0.25) is 0 Å². The third-order valence-electron chi connectivity index (χ3n) is 4.73. The van der Waals surface area contributed by atoms with E-state index in [4.69, 9.17) is 33.3 Å². The highest BCUT2D eigenvalue weighted by Gasteiger charge is 2.45. The van der Waals surface area contributed by atoms with Gasteiger partial charge in [-0.2, -0.15) is 10.1 Å². The molecule has 0 amide bonds. The van der Waals surface area contributed by atoms with Gasteiger partial charge in [-0.15, -0.1) is 0 Å². The molecule has 1 unspecified atom stereocenters. The van der Waals surface area contributed by atoms with Crippen molar-refractivity contribution in [1.29, 1.82) is 0 Å². The molecule has 1 fully saturated rings. The molecule has 1 saturated carbocycles. The van der Waals surface area contributed by atoms with Crippen molar-refractivity contribution in [2.24, 2.45) is 11.8 Å². The minimum atomic E-state index is -1.21. The summed E-state index contributed by atoms with van der Waals surface area (Å²) in [5, 5.41) is 16.3. The quantitative estimate of drug-likeness (QED) is 0.775. The van der Waals surface area contributed by atoms with Gasteiger partial charge in [0.05, 0.1) is 13.7 Å². The molecule has 0 bridgehead atoms. The van der Waals surface area contributed by atoms with E-state index in [1.807, 2.05) is 25.1 Å². The number of thiocarbonyl (C=S) groups is 1. The third kappa shape index (κ3) is 3.78. The highest BCUT2D eigenvalue weighted by Crippen LogP contribution is 2.48. The minimum absolute atomic E-state index is 0.00109. The SMILES string of the molecule is COC(=S)Oc1ncnn1C[C@@](O)(c1ccccc1Cl)C(C)C1CC1. The minimum Gasteiger partial charge on any atom is -0.460 e. The number of rotatable bonds is 6. The molecule has 1 aliphatic rings. The topological polar surface area (TPSA) is 69.4 Å². The Bertz CT molecular complexity index is 765. The fourth-order valence-electron chi connectivity index (χ4n) is 3.06. The summed E-state index contributed by atoms with van der Waals surface area (Å²) in [4.78, 5) is 4.04. The summed E-state index contributed by atoms with van der Waals surface area (Å²) in [6, 6.07) is 7.50. The maximum Gasteiger partial charge on any atom is 0.360 e. The maximum atomic E-state index is 11.6. The number of ether oxygens (including phenoxy) is 2. The van der Waals surface area contributed by atoms with E-state index >= 15 is 0 Å². The molecule has 0 radical (unpaired) electrons. The monoisotopic (exact) mass is 381 g/mol. The van der Waals surface area contributed by atoms with Crippen LogP contribution >= 0.6 is 23.8 Å². The molecule has 1 heterocycles. The zero-order chi connectivity index (χ0) is 18.0. The first-order valence-corrected chi connectivity index (χ1v) is 8.85. The normalized spacial score (nSPS) is 17.6. The first-order chi connectivity index (χ1) is 12.0. The molecule has 1 aromatic heterocycles. The van der Waals surface area contributed by atoms with Crippen molar-refractivity contribution in [3.8, 4) is 6.01 Å². The number of aliphatic hydroxyl groups is 1. The van der Waals surface area contributed by atoms with Crippen LogP contribution in [-0.4, -0.2) is 32.2 Å². The third-order valence-corrected chi connectivity index (χ3v) is 5.31. The summed E-state index contributed by atoms with van der Waals surface area (Å²) in [7, 11) is 1.41. The van der Waals surface area contributed by atoms with Crippen molar-refractivity contribution in [2.75, 3.05) is 7.11 Å². The molecule has 1 N–H and O–H groups in total. The summed E-state index contributed by atoms with van der Waals surface area (Å²) in [6.07, 6.45) is 3.55. The van der Waals surface area contributed by atoms with Gasteiger partial charge in [-0.05, 0) is 30.7 Å². The Morgan fingerprint density at radius 3 is 2.84 bits per heavy atom. The molecule has 1 aromatic carbocycles. The second-order valence-corrected chi connectivity index (χ2v) is 7.03. The second kappa shape index (κ2) is 7.27. The molecule has 0 saturated heterocycles. The van der Waals surface area contributed by atoms with Crippen LogP contribution in [0.5, 0.6) is 6.01 Å². The van der Waals surface area contributed by atoms with Crippen LogP contribution in [0.15, 0.2) is 30.6 Å². The van der Waals surface area contributed by atoms with E-state index in [9.17, 15) is 5.11 Å². The fraction of sp³-hybridized carbons (Fsp3) is 0.471. The van der Waals surface area contributed by atoms with Crippen LogP contribution in [-0.2, 0) is 16.9 Å². The van der Waals surface area contributed by atoms with Gasteiger partial charge < -0.3 is 14.6 Å². The van der Waals surface area contributed by atoms with E-state index in [0.717, 1.165) is 12.8 Å². The molecule has 0 spiro atoms. The molecular weight excluding hydrogens is 362 g/mol. The molecule has 2 atom stereocenters. The number of benzene rings is 1. The van der Waals surface area contributed by atoms with E-state index in [1.54, 1.807) is 6.07 Å². The molecule has 0 aliphatic heterocycles. The van der Waals surface area contributed by atoms with E-state index in [1.165, 1.54) is 18.1 Å². The Kier molecular flexibility index (Phi) is 5.27. The van der Waals surface area contributed by atoms with Crippen molar-refractivity contribution < 1.29 is 14.6 Å². The smallest absolute Gasteiger partial charge is 0.360 e. The van der Waals surface area contributed by atoms with Crippen LogP contribution in [0, 0.1) is 11.8 Å². The average Bonchev–Trinajstić information content (AvgIpc) is 3.37. The van der Waals surface area contributed by atoms with Crippen molar-refractivity contribution in [3.63, 3.8) is 0 Å². The van der Waals surface area contributed by atoms with Crippen LogP contribution < -0.4 is 4.74 Å². The Hall–Kier alpha value is -1.70. The number of aromatic nitrogens is 3. The van der Waals surface area contributed by atoms with Gasteiger partial charge in [0.2, 0.25) is 0 Å². The number of hydrogen-bond acceptors (Lipinski definition) is 6. The zero-order valence-corrected chi connectivity index (χ0v) is 15.6. The standard InChI is InChI=1S/C17H20ClN3O3S/c1-11(12-7-8-12)17(22,13-5-3-4-6-14(13)18)9-21-15(19-10-20-21)24-16(25)23-2/h3-6,10-12,22H,7-9H2,1-2H3/t11?,17-/m0/s1. The Morgan fingerprint density at radius 1 is 1.48 bits per heavy atom. The first kappa shape index (κ1) is 18.1. The molecule has 134 valence electrons. The maximum absolute atomic E-state index is 11.6. The molecule has 2 aromatic rings. The molecule has 6 nitrogen and oxygen atoms in total. The second-order valence-electron chi connectivity index (χ2n) is 6.29. The van der Waals surface area contributed by atoms with Crippen LogP contribution in [0.4, 0.5) is 0 Å². The van der Waals surface area contributed by atoms with Crippen LogP contribution in [0.2, 0.25) is 5.02 Å². The van der Waals surface area contributed by atoms with Crippen LogP contribution in [0.3, 0.4) is 0 Å². The molecule has 3 rings (SSSR count). The summed E-state index contributed by atoms with van der Waals surface area (Å²) >= 11 is 11.3. The lowest BCUT2D eigenvalue weighted by Crippen LogP contribution is -2.40. The van der Waals surface area contributed by atoms with Gasteiger partial charge in [0.15, 0.2) is 0 Å². The Labute approximate surface area is 156 Å². The van der Waals surface area contributed by atoms with E-state index in [0.29, 0.717) is 16.5 Å². The van der Waals surface area contributed by atoms with Gasteiger partial charge in [-0.25, -0.2) is 4.68 Å². The van der Waals surface area contributed by atoms with E-state index < -0.39 is 5.60 Å². The first-order valence-electron chi connectivity index (χ1n) is 8.06. The summed E-state index contributed by atoms with van der Waals surface area (Å²) in [5.74, 6) is 0.452. The summed E-state index contributed by atoms with van der Waals surface area (Å²) in [5.41, 5.74) is -0.535. The van der Waals surface area contributed by atoms with Gasteiger partial charge in [0, 0.05) is 22.8 Å². The van der Waals surface area contributed by atoms with Crippen LogP contribution in [0.1, 0.15) is 25.3 Å². The fourth-order valence-corrected chi connectivity index (χ4v) is 3.43. The number of halogens is 1. The van der Waals surface area contributed by atoms with Gasteiger partial charge in [-0.1, -0.05) is 36.7 Å². The molecule has 1 aliphatic carbocycles. The number of nitrogens with zero attached hydrogens (tertiary/aromatic N) is 3. The largest absolute Gasteiger partial charge is 0.460 e. The Morgan fingerprint density at radius 2 is 2.20 bits per heavy atom. The number of methoxy groups -OCH3 is 1. The predicted molar refractivity (Wildman–Crippen MR) is 97.5 cm³/mol. The predicted octanol–water partition coefficient (Wildman–Crippen LogP) is 3.18. The number of hydrogen-bond donors (Lipinski definition) is 1. The lowest BCUT2D eigenvalue weighted by Gasteiger charge is -2.35. The molecule has 25 heavy (non-hydrogen) atoms. The van der Waals surface area contributed by atoms with Crippen molar-refractivity contribution in [2.45, 2.75) is 31.9 Å². The Balaban J connectivity index is 1.95. The van der Waals surface area contributed by atoms with Crippen LogP contribution in [0.25, 0.3) is 0 Å². The highest BCUT2D eigenvalue weighted by molar-refractivity contribution is 7.79. The van der Waals surface area contributed by atoms with Gasteiger partial charge in [0.25, 0.3) is 0 Å². The lowest BCUT2D eigenvalue weighted by molar-refractivity contribution is -0.0453. The van der Waals surface area contributed by atoms with E-state index in [-0.39, 0.29) is 23.7 Å². The van der Waals surface area contributed by atoms with E-state index in [2.05, 4.69) is 10.1 Å². The molecular formula is C17H20ClN3O3S. The lowest BCUT2D eigenvalue weighted by atomic mass is 9.79. The van der Waals surface area contributed by atoms with Crippen molar-refractivity contribution in [1.82, 2.24) is 14.8 Å². The summed E-state index contributed by atoms with van der Waals surface area (Å²) < 4.78 is 11.7. The van der Waals surface area contributed by atoms with Gasteiger partial charge >= 0.3 is 11.2 Å². The summed E-state index contributed by atoms with van der Waals surface area (Å²) in [6.45, 7) is 2.19. The zero-order valence-electron chi connectivity index (χ0n) is 14.1. The molecule has 8 heteroatoms. The van der Waals surface area contributed by atoms with Crippen molar-refractivity contribution >= 4 is 29.1 Å². The highest BCUT2D eigenvalue weighted by atomic mass is 35.5. The van der Waals surface area contributed by atoms with Crippen molar-refractivity contribution in [3.05, 3.63) is 41.2 Å². The van der Waals surface area contributed by atoms with Gasteiger partial charge in [0.1, 0.15) is 11.9 Å².